The Balaban J connectivity index is 3.05. The molecule has 0 aromatic carbocycles. The molecule has 0 aliphatic carbocycles. The van der Waals surface area contributed by atoms with Gasteiger partial charge in [0.1, 0.15) is 6.63 Å². The average Bonchev–Trinajstić information content (AvgIpc) is 2.14. The van der Waals surface area contributed by atoms with E-state index >= 15 is 0 Å². The summed E-state index contributed by atoms with van der Waals surface area (Å²) in [5, 5.41) is 1.04. The van der Waals surface area contributed by atoms with E-state index in [1.165, 1.54) is 0 Å². The van der Waals surface area contributed by atoms with E-state index in [-0.39, 0.29) is 0 Å². The van der Waals surface area contributed by atoms with Gasteiger partial charge in [-0.3, -0.25) is 4.68 Å². The van der Waals surface area contributed by atoms with Crippen LogP contribution in [0.1, 0.15) is 5.69 Å². The van der Waals surface area contributed by atoms with Gasteiger partial charge >= 0.3 is 0 Å². The maximum absolute atomic E-state index is 5.72. The van der Waals surface area contributed by atoms with Gasteiger partial charge in [0.2, 0.25) is 0 Å². The third-order valence-electron chi connectivity index (χ3n) is 1.24. The van der Waals surface area contributed by atoms with E-state index < -0.39 is 6.63 Å². The highest BCUT2D eigenvalue weighted by atomic mass is 35.9. The Labute approximate surface area is 72.0 Å². The zero-order chi connectivity index (χ0) is 7.72. The zero-order valence-corrected chi connectivity index (χ0v) is 8.85. The van der Waals surface area contributed by atoms with Gasteiger partial charge in [-0.25, -0.2) is 0 Å². The molecule has 1 aromatic rings. The maximum atomic E-state index is 5.72. The van der Waals surface area contributed by atoms with Gasteiger partial charge in [0.05, 0.1) is 13.4 Å². The molecule has 0 radical (unpaired) electrons. The first-order chi connectivity index (χ1) is 4.63. The number of hydrogen-bond donors (Lipinski definition) is 0. The molecule has 56 valence electrons. The van der Waals surface area contributed by atoms with Gasteiger partial charge in [0.25, 0.3) is 0 Å². The number of nitrogens with zero attached hydrogens (tertiary/aromatic N) is 2. The second-order valence-corrected chi connectivity index (χ2v) is 6.49. The summed E-state index contributed by atoms with van der Waals surface area (Å²) in [4.78, 5) is 4.10. The fourth-order valence-corrected chi connectivity index (χ4v) is 3.31. The summed E-state index contributed by atoms with van der Waals surface area (Å²) in [7, 11) is 2.79. The quantitative estimate of drug-likeness (QED) is 0.658. The molecule has 6 heteroatoms. The summed E-state index contributed by atoms with van der Waals surface area (Å²) in [5.74, 6) is 0. The highest BCUT2D eigenvalue weighted by molar-refractivity contribution is 8.11. The van der Waals surface area contributed by atoms with Crippen molar-refractivity contribution in [2.24, 2.45) is 7.05 Å². The van der Waals surface area contributed by atoms with Gasteiger partial charge in [-0.1, -0.05) is 22.5 Å². The third kappa shape index (κ3) is 1.62. The first-order valence-electron chi connectivity index (χ1n) is 2.61. The summed E-state index contributed by atoms with van der Waals surface area (Å²) in [6.07, 6.45) is 0. The Morgan fingerprint density at radius 2 is 2.20 bits per heavy atom. The van der Waals surface area contributed by atoms with Gasteiger partial charge in [0, 0.05) is 12.7 Å². The first-order valence-corrected chi connectivity index (χ1v) is 6.61. The van der Waals surface area contributed by atoms with Crippen molar-refractivity contribution in [3.05, 3.63) is 5.69 Å². The van der Waals surface area contributed by atoms with Crippen LogP contribution in [0, 0.1) is 6.92 Å². The van der Waals surface area contributed by atoms with E-state index in [0.29, 0.717) is 0 Å². The first kappa shape index (κ1) is 8.74. The molecule has 0 atom stereocenters. The van der Waals surface area contributed by atoms with E-state index in [1.54, 1.807) is 4.68 Å². The topological polar surface area (TPSA) is 17.8 Å². The van der Waals surface area contributed by atoms with Crippen molar-refractivity contribution in [2.75, 3.05) is 0 Å². The molecule has 1 heterocycles. The number of aromatic nitrogens is 2. The highest BCUT2D eigenvalue weighted by Crippen LogP contribution is 2.48. The molecule has 1 aromatic heterocycles. The molecule has 0 saturated carbocycles. The van der Waals surface area contributed by atoms with Crippen molar-refractivity contribution in [1.29, 1.82) is 0 Å². The van der Waals surface area contributed by atoms with Gasteiger partial charge in [-0.2, -0.15) is 4.86 Å². The number of halogens is 2. The summed E-state index contributed by atoms with van der Waals surface area (Å²) in [6, 6.07) is 0. The predicted octanol–water partition coefficient (Wildman–Crippen LogP) is 2.72. The van der Waals surface area contributed by atoms with E-state index in [2.05, 4.69) is 4.86 Å². The van der Waals surface area contributed by atoms with Crippen LogP contribution in [-0.2, 0) is 7.05 Å². The van der Waals surface area contributed by atoms with Gasteiger partial charge in [0.15, 0.2) is 0 Å². The lowest BCUT2D eigenvalue weighted by Gasteiger charge is -1.96. The summed E-state index contributed by atoms with van der Waals surface area (Å²) in [6.45, 7) is 0.980. The van der Waals surface area contributed by atoms with Crippen LogP contribution >= 0.6 is 37.5 Å². The predicted molar refractivity (Wildman–Crippen MR) is 48.7 cm³/mol. The Morgan fingerprint density at radius 1 is 1.60 bits per heavy atom. The van der Waals surface area contributed by atoms with E-state index in [1.807, 2.05) is 14.0 Å². The molecule has 0 bridgehead atoms. The number of rotatable bonds is 1. The van der Waals surface area contributed by atoms with Crippen molar-refractivity contribution in [2.45, 2.75) is 6.92 Å². The standard InChI is InChI=1S/C4H6Cl2N2P2/c1-3-4(10(5)6)9-7-8(3)2/h1-2H3. The lowest BCUT2D eigenvalue weighted by atomic mass is 10.6. The highest BCUT2D eigenvalue weighted by Gasteiger charge is 2.11. The largest absolute Gasteiger partial charge is 0.268 e. The maximum Gasteiger partial charge on any atom is 0.125 e. The van der Waals surface area contributed by atoms with E-state index in [4.69, 9.17) is 22.5 Å². The smallest absolute Gasteiger partial charge is 0.125 e. The molecule has 0 aliphatic rings. The second-order valence-electron chi connectivity index (χ2n) is 1.85. The van der Waals surface area contributed by atoms with Crippen molar-refractivity contribution in [3.8, 4) is 0 Å². The van der Waals surface area contributed by atoms with Crippen LogP contribution in [-0.4, -0.2) is 9.54 Å². The normalized spacial score (nSPS) is 11.7. The molecule has 1 rings (SSSR count). The summed E-state index contributed by atoms with van der Waals surface area (Å²) in [5.41, 5.74) is 1.08. The fraction of sp³-hybridized carbons (Fsp3) is 0.500. The molecule has 0 spiro atoms. The molecular weight excluding hydrogens is 209 g/mol. The molecule has 2 nitrogen and oxygen atoms in total. The molecule has 0 saturated heterocycles. The van der Waals surface area contributed by atoms with Gasteiger partial charge in [-0.05, 0) is 6.92 Å². The third-order valence-corrected chi connectivity index (χ3v) is 5.35. The molecular formula is C4H6Cl2N2P2. The van der Waals surface area contributed by atoms with Crippen LogP contribution in [0.2, 0.25) is 0 Å². The molecule has 0 N–H and O–H groups in total. The minimum atomic E-state index is -0.991. The fourth-order valence-electron chi connectivity index (χ4n) is 0.550. The van der Waals surface area contributed by atoms with Crippen molar-refractivity contribution in [3.63, 3.8) is 0 Å². The van der Waals surface area contributed by atoms with Gasteiger partial charge in [-0.15, -0.1) is 0 Å². The second kappa shape index (κ2) is 3.36. The Morgan fingerprint density at radius 3 is 2.40 bits per heavy atom. The van der Waals surface area contributed by atoms with Crippen LogP contribution in [0.15, 0.2) is 0 Å². The Kier molecular flexibility index (Phi) is 2.94. The van der Waals surface area contributed by atoms with Crippen LogP contribution < -0.4 is 5.04 Å². The Bertz CT molecular complexity index is 235. The summed E-state index contributed by atoms with van der Waals surface area (Å²) >= 11 is 11.4. The minimum absolute atomic E-state index is 0.899. The molecule has 0 fully saturated rings. The zero-order valence-electron chi connectivity index (χ0n) is 5.54. The molecule has 0 aliphatic heterocycles. The number of hydrogen-bond acceptors (Lipinski definition) is 1. The van der Waals surface area contributed by atoms with Crippen molar-refractivity contribution < 1.29 is 0 Å². The van der Waals surface area contributed by atoms with Crippen LogP contribution in [0.5, 0.6) is 0 Å². The van der Waals surface area contributed by atoms with Crippen molar-refractivity contribution in [1.82, 2.24) is 9.54 Å². The number of aryl methyl sites for hydroxylation is 1. The summed E-state index contributed by atoms with van der Waals surface area (Å²) < 4.78 is 1.80. The van der Waals surface area contributed by atoms with Crippen LogP contribution in [0.3, 0.4) is 0 Å². The molecule has 0 unspecified atom stereocenters. The lowest BCUT2D eigenvalue weighted by molar-refractivity contribution is 0.764. The van der Waals surface area contributed by atoms with Crippen LogP contribution in [0.4, 0.5) is 0 Å². The SMILES string of the molecule is Cc1c(P(Cl)Cl)pnn1C. The Hall–Kier alpha value is 0.650. The van der Waals surface area contributed by atoms with E-state index in [0.717, 1.165) is 19.1 Å². The van der Waals surface area contributed by atoms with Gasteiger partial charge < -0.3 is 0 Å². The minimum Gasteiger partial charge on any atom is -0.268 e. The average molecular weight is 215 g/mol. The monoisotopic (exact) mass is 214 g/mol. The van der Waals surface area contributed by atoms with Crippen molar-refractivity contribution >= 4 is 42.5 Å². The lowest BCUT2D eigenvalue weighted by Crippen LogP contribution is -1.99. The van der Waals surface area contributed by atoms with Crippen LogP contribution in [0.25, 0.3) is 0 Å². The molecule has 10 heavy (non-hydrogen) atoms. The van der Waals surface area contributed by atoms with E-state index in [9.17, 15) is 0 Å². The molecule has 0 amide bonds.